The lowest BCUT2D eigenvalue weighted by Gasteiger charge is -2.12. The first kappa shape index (κ1) is 12.1. The molecular formula is C15H12N4O. The van der Waals surface area contributed by atoms with Gasteiger partial charge < -0.3 is 5.73 Å². The molecule has 3 aromatic rings. The second kappa shape index (κ2) is 4.97. The largest absolute Gasteiger partial charge is 0.366 e. The number of amides is 1. The maximum atomic E-state index is 11.7. The molecule has 0 bridgehead atoms. The maximum absolute atomic E-state index is 11.7. The Morgan fingerprint density at radius 3 is 2.50 bits per heavy atom. The number of nitrogens with zero attached hydrogens (tertiary/aromatic N) is 3. The van der Waals surface area contributed by atoms with Gasteiger partial charge in [0.2, 0.25) is 5.91 Å². The van der Waals surface area contributed by atoms with Gasteiger partial charge in [0, 0.05) is 11.1 Å². The molecule has 0 aliphatic rings. The van der Waals surface area contributed by atoms with Crippen LogP contribution in [0.2, 0.25) is 0 Å². The predicted octanol–water partition coefficient (Wildman–Crippen LogP) is 2.03. The summed E-state index contributed by atoms with van der Waals surface area (Å²) in [4.78, 5) is 11.7. The van der Waals surface area contributed by atoms with Gasteiger partial charge in [-0.1, -0.05) is 41.6 Å². The Balaban J connectivity index is 2.31. The number of hydrogen-bond acceptors (Lipinski definition) is 3. The van der Waals surface area contributed by atoms with Crippen LogP contribution in [0, 0.1) is 0 Å². The number of carbonyl (C=O) groups is 1. The Bertz CT molecular complexity index is 736. The Hall–Kier alpha value is -2.95. The van der Waals surface area contributed by atoms with E-state index in [1.807, 2.05) is 36.4 Å². The molecule has 2 aromatic carbocycles. The fourth-order valence-corrected chi connectivity index (χ4v) is 2.18. The minimum atomic E-state index is -0.467. The van der Waals surface area contributed by atoms with Crippen molar-refractivity contribution in [2.24, 2.45) is 5.73 Å². The Labute approximate surface area is 115 Å². The monoisotopic (exact) mass is 264 g/mol. The van der Waals surface area contributed by atoms with Gasteiger partial charge in [0.15, 0.2) is 0 Å². The third-order valence-electron chi connectivity index (χ3n) is 3.04. The van der Waals surface area contributed by atoms with E-state index in [4.69, 9.17) is 5.73 Å². The van der Waals surface area contributed by atoms with Crippen LogP contribution in [-0.2, 0) is 0 Å². The van der Waals surface area contributed by atoms with Crippen LogP contribution in [0.15, 0.2) is 60.9 Å². The molecule has 0 saturated heterocycles. The number of carbonyl (C=O) groups excluding carboxylic acids is 1. The van der Waals surface area contributed by atoms with Gasteiger partial charge in [-0.2, -0.15) is 0 Å². The second-order valence-electron chi connectivity index (χ2n) is 4.28. The number of primary amides is 1. The third-order valence-corrected chi connectivity index (χ3v) is 3.04. The molecular weight excluding hydrogens is 252 g/mol. The van der Waals surface area contributed by atoms with Crippen molar-refractivity contribution in [3.63, 3.8) is 0 Å². The molecule has 20 heavy (non-hydrogen) atoms. The van der Waals surface area contributed by atoms with Gasteiger partial charge in [0.05, 0.1) is 18.1 Å². The van der Waals surface area contributed by atoms with E-state index in [0.29, 0.717) is 5.56 Å². The fraction of sp³-hybridized carbons (Fsp3) is 0. The smallest absolute Gasteiger partial charge is 0.249 e. The van der Waals surface area contributed by atoms with Crippen LogP contribution in [-0.4, -0.2) is 20.9 Å². The van der Waals surface area contributed by atoms with Crippen LogP contribution in [0.4, 0.5) is 0 Å². The molecule has 0 aliphatic heterocycles. The highest BCUT2D eigenvalue weighted by molar-refractivity contribution is 6.01. The Kier molecular flexibility index (Phi) is 3.01. The molecule has 0 aliphatic carbocycles. The van der Waals surface area contributed by atoms with E-state index in [1.54, 1.807) is 29.2 Å². The van der Waals surface area contributed by atoms with Gasteiger partial charge in [-0.05, 0) is 17.7 Å². The minimum Gasteiger partial charge on any atom is -0.366 e. The van der Waals surface area contributed by atoms with Crippen molar-refractivity contribution in [2.75, 3.05) is 0 Å². The molecule has 3 rings (SSSR count). The highest BCUT2D eigenvalue weighted by Crippen LogP contribution is 2.29. The molecule has 2 N–H and O–H groups in total. The molecule has 98 valence electrons. The van der Waals surface area contributed by atoms with Crippen LogP contribution < -0.4 is 5.73 Å². The molecule has 0 atom stereocenters. The van der Waals surface area contributed by atoms with Gasteiger partial charge in [-0.15, -0.1) is 5.10 Å². The van der Waals surface area contributed by atoms with Crippen LogP contribution in [0.3, 0.4) is 0 Å². The topological polar surface area (TPSA) is 73.8 Å². The molecule has 0 fully saturated rings. The SMILES string of the molecule is NC(=O)c1cccc(-n2ccnn2)c1-c1ccccc1. The highest BCUT2D eigenvalue weighted by Gasteiger charge is 2.15. The molecule has 5 heteroatoms. The van der Waals surface area contributed by atoms with Crippen LogP contribution in [0.25, 0.3) is 16.8 Å². The molecule has 1 heterocycles. The number of nitrogens with two attached hydrogens (primary N) is 1. The van der Waals surface area contributed by atoms with Gasteiger partial charge in [-0.3, -0.25) is 4.79 Å². The summed E-state index contributed by atoms with van der Waals surface area (Å²) in [5.41, 5.74) is 8.39. The molecule has 0 spiro atoms. The van der Waals surface area contributed by atoms with E-state index in [2.05, 4.69) is 10.3 Å². The lowest BCUT2D eigenvalue weighted by molar-refractivity contribution is 0.100. The van der Waals surface area contributed by atoms with Gasteiger partial charge in [0.1, 0.15) is 0 Å². The van der Waals surface area contributed by atoms with E-state index in [-0.39, 0.29) is 0 Å². The van der Waals surface area contributed by atoms with E-state index in [0.717, 1.165) is 16.8 Å². The summed E-state index contributed by atoms with van der Waals surface area (Å²) >= 11 is 0. The summed E-state index contributed by atoms with van der Waals surface area (Å²) < 4.78 is 1.62. The average Bonchev–Trinajstić information content (AvgIpc) is 3.01. The van der Waals surface area contributed by atoms with Crippen molar-refractivity contribution in [1.82, 2.24) is 15.0 Å². The summed E-state index contributed by atoms with van der Waals surface area (Å²) in [5, 5.41) is 7.79. The van der Waals surface area contributed by atoms with Gasteiger partial charge in [-0.25, -0.2) is 4.68 Å². The maximum Gasteiger partial charge on any atom is 0.249 e. The summed E-state index contributed by atoms with van der Waals surface area (Å²) in [6.45, 7) is 0. The summed E-state index contributed by atoms with van der Waals surface area (Å²) in [6, 6.07) is 15.0. The summed E-state index contributed by atoms with van der Waals surface area (Å²) in [7, 11) is 0. The van der Waals surface area contributed by atoms with Crippen molar-refractivity contribution in [3.8, 4) is 16.8 Å². The van der Waals surface area contributed by atoms with Crippen molar-refractivity contribution in [3.05, 3.63) is 66.5 Å². The second-order valence-corrected chi connectivity index (χ2v) is 4.28. The zero-order valence-electron chi connectivity index (χ0n) is 10.6. The lowest BCUT2D eigenvalue weighted by atomic mass is 9.97. The normalized spacial score (nSPS) is 10.4. The first-order chi connectivity index (χ1) is 9.77. The summed E-state index contributed by atoms with van der Waals surface area (Å²) in [5.74, 6) is -0.467. The Morgan fingerprint density at radius 2 is 1.85 bits per heavy atom. The van der Waals surface area contributed by atoms with Crippen molar-refractivity contribution >= 4 is 5.91 Å². The predicted molar refractivity (Wildman–Crippen MR) is 75.3 cm³/mol. The minimum absolute atomic E-state index is 0.462. The molecule has 1 amide bonds. The molecule has 0 saturated carbocycles. The first-order valence-corrected chi connectivity index (χ1v) is 6.12. The van der Waals surface area contributed by atoms with Crippen molar-refractivity contribution in [2.45, 2.75) is 0 Å². The zero-order valence-corrected chi connectivity index (χ0v) is 10.6. The number of rotatable bonds is 3. The van der Waals surface area contributed by atoms with E-state index >= 15 is 0 Å². The van der Waals surface area contributed by atoms with Crippen LogP contribution in [0.5, 0.6) is 0 Å². The lowest BCUT2D eigenvalue weighted by Crippen LogP contribution is -2.14. The van der Waals surface area contributed by atoms with E-state index < -0.39 is 5.91 Å². The third kappa shape index (κ3) is 2.05. The zero-order chi connectivity index (χ0) is 13.9. The number of aromatic nitrogens is 3. The first-order valence-electron chi connectivity index (χ1n) is 6.12. The summed E-state index contributed by atoms with van der Waals surface area (Å²) in [6.07, 6.45) is 3.32. The number of benzene rings is 2. The van der Waals surface area contributed by atoms with Gasteiger partial charge in [0.25, 0.3) is 0 Å². The fourth-order valence-electron chi connectivity index (χ4n) is 2.18. The van der Waals surface area contributed by atoms with Crippen LogP contribution >= 0.6 is 0 Å². The average molecular weight is 264 g/mol. The molecule has 1 aromatic heterocycles. The van der Waals surface area contributed by atoms with Crippen molar-refractivity contribution < 1.29 is 4.79 Å². The van der Waals surface area contributed by atoms with E-state index in [9.17, 15) is 4.79 Å². The Morgan fingerprint density at radius 1 is 1.05 bits per heavy atom. The number of hydrogen-bond donors (Lipinski definition) is 1. The van der Waals surface area contributed by atoms with Crippen LogP contribution in [0.1, 0.15) is 10.4 Å². The molecule has 0 unspecified atom stereocenters. The van der Waals surface area contributed by atoms with Gasteiger partial charge >= 0.3 is 0 Å². The van der Waals surface area contributed by atoms with Crippen molar-refractivity contribution in [1.29, 1.82) is 0 Å². The van der Waals surface area contributed by atoms with E-state index in [1.165, 1.54) is 0 Å². The highest BCUT2D eigenvalue weighted by atomic mass is 16.1. The molecule has 0 radical (unpaired) electrons. The standard InChI is InChI=1S/C15H12N4O/c16-15(20)12-7-4-8-13(19-10-9-17-18-19)14(12)11-5-2-1-3-6-11/h1-10H,(H2,16,20). The quantitative estimate of drug-likeness (QED) is 0.786. The molecule has 5 nitrogen and oxygen atoms in total.